The van der Waals surface area contributed by atoms with E-state index in [0.29, 0.717) is 16.2 Å². The second-order valence-electron chi connectivity index (χ2n) is 6.34. The van der Waals surface area contributed by atoms with Crippen LogP contribution in [0.25, 0.3) is 6.08 Å². The summed E-state index contributed by atoms with van der Waals surface area (Å²) < 4.78 is 4.79. The predicted octanol–water partition coefficient (Wildman–Crippen LogP) is 4.64. The molecule has 0 fully saturated rings. The number of carbonyl (C=O) groups is 2. The van der Waals surface area contributed by atoms with Gasteiger partial charge in [0.25, 0.3) is 5.91 Å². The minimum absolute atomic E-state index is 0.177. The Morgan fingerprint density at radius 1 is 1.12 bits per heavy atom. The van der Waals surface area contributed by atoms with Gasteiger partial charge < -0.3 is 10.1 Å². The molecule has 0 bridgehead atoms. The van der Waals surface area contributed by atoms with Gasteiger partial charge in [-0.15, -0.1) is 23.1 Å². The summed E-state index contributed by atoms with van der Waals surface area (Å²) in [5.74, 6) is 0.210. The maximum atomic E-state index is 12.7. The van der Waals surface area contributed by atoms with Gasteiger partial charge >= 0.3 is 5.97 Å². The van der Waals surface area contributed by atoms with E-state index < -0.39 is 5.97 Å². The molecule has 0 unspecified atom stereocenters. The number of esters is 1. The molecule has 1 aromatic heterocycles. The normalized spacial score (nSPS) is 15.5. The Balaban J connectivity index is 1.58. The topological polar surface area (TPSA) is 55.4 Å². The summed E-state index contributed by atoms with van der Waals surface area (Å²) in [7, 11) is 1.33. The van der Waals surface area contributed by atoms with E-state index >= 15 is 0 Å². The number of para-hydroxylation sites is 1. The van der Waals surface area contributed by atoms with Crippen LogP contribution in [0.4, 0.5) is 5.69 Å². The minimum Gasteiger partial charge on any atom is -0.465 e. The lowest BCUT2D eigenvalue weighted by atomic mass is 9.95. The number of fused-ring (bicyclic) bond motifs is 3. The van der Waals surface area contributed by atoms with Gasteiger partial charge in [0, 0.05) is 15.5 Å². The van der Waals surface area contributed by atoms with Crippen LogP contribution in [0.2, 0.25) is 0 Å². The summed E-state index contributed by atoms with van der Waals surface area (Å²) >= 11 is 3.40. The quantitative estimate of drug-likeness (QED) is 0.782. The molecule has 1 aromatic carbocycles. The van der Waals surface area contributed by atoms with Crippen LogP contribution < -0.4 is 5.32 Å². The van der Waals surface area contributed by atoms with E-state index in [9.17, 15) is 9.59 Å². The number of aryl methyl sites for hydroxylation is 1. The first-order valence-electron chi connectivity index (χ1n) is 8.64. The van der Waals surface area contributed by atoms with Crippen molar-refractivity contribution in [2.24, 2.45) is 0 Å². The molecule has 1 amide bonds. The number of hydrogen-bond acceptors (Lipinski definition) is 5. The smallest absolute Gasteiger partial charge is 0.339 e. The molecule has 1 aliphatic carbocycles. The summed E-state index contributed by atoms with van der Waals surface area (Å²) in [6.07, 6.45) is 6.87. The highest BCUT2D eigenvalue weighted by Crippen LogP contribution is 2.42. The minimum atomic E-state index is -0.459. The van der Waals surface area contributed by atoms with Crippen molar-refractivity contribution < 1.29 is 14.3 Å². The number of benzene rings is 1. The van der Waals surface area contributed by atoms with E-state index in [0.717, 1.165) is 5.75 Å². The summed E-state index contributed by atoms with van der Waals surface area (Å²) in [5.41, 5.74) is 3.77. The number of thioether (sulfide) groups is 1. The Labute approximate surface area is 160 Å². The van der Waals surface area contributed by atoms with Crippen molar-refractivity contribution in [1.29, 1.82) is 0 Å². The Kier molecular flexibility index (Phi) is 4.87. The van der Waals surface area contributed by atoms with Gasteiger partial charge in [-0.25, -0.2) is 4.79 Å². The van der Waals surface area contributed by atoms with Gasteiger partial charge in [-0.05, 0) is 55.0 Å². The molecule has 2 aromatic rings. The Hall–Kier alpha value is -2.05. The summed E-state index contributed by atoms with van der Waals surface area (Å²) in [4.78, 5) is 28.0. The molecule has 26 heavy (non-hydrogen) atoms. The second-order valence-corrected chi connectivity index (χ2v) is 8.50. The van der Waals surface area contributed by atoms with Gasteiger partial charge in [0.15, 0.2) is 0 Å². The Morgan fingerprint density at radius 3 is 2.77 bits per heavy atom. The number of ether oxygens (including phenoxy) is 1. The lowest BCUT2D eigenvalue weighted by molar-refractivity contribution is -0.112. The van der Waals surface area contributed by atoms with E-state index in [2.05, 4.69) is 5.32 Å². The zero-order chi connectivity index (χ0) is 18.1. The van der Waals surface area contributed by atoms with Crippen molar-refractivity contribution in [3.05, 3.63) is 55.6 Å². The van der Waals surface area contributed by atoms with E-state index in [4.69, 9.17) is 4.74 Å². The third-order valence-electron chi connectivity index (χ3n) is 4.75. The number of nitrogens with one attached hydrogen (secondary N) is 1. The number of thiophene rings is 1. The Morgan fingerprint density at radius 2 is 1.92 bits per heavy atom. The molecule has 0 spiro atoms. The molecule has 6 heteroatoms. The van der Waals surface area contributed by atoms with E-state index in [1.165, 1.54) is 53.7 Å². The largest absolute Gasteiger partial charge is 0.465 e. The summed E-state index contributed by atoms with van der Waals surface area (Å²) in [6, 6.07) is 6.90. The first-order valence-corrected chi connectivity index (χ1v) is 10.4. The molecule has 2 aliphatic rings. The fourth-order valence-corrected chi connectivity index (χ4v) is 5.97. The average Bonchev–Trinajstić information content (AvgIpc) is 3.05. The van der Waals surface area contributed by atoms with Crippen molar-refractivity contribution >= 4 is 46.7 Å². The molecule has 134 valence electrons. The summed E-state index contributed by atoms with van der Waals surface area (Å²) in [6.45, 7) is 0. The van der Waals surface area contributed by atoms with Crippen LogP contribution in [0.15, 0.2) is 29.2 Å². The number of methoxy groups -OCH3 is 1. The monoisotopic (exact) mass is 385 g/mol. The number of hydrogen-bond donors (Lipinski definition) is 1. The van der Waals surface area contributed by atoms with Gasteiger partial charge in [-0.2, -0.15) is 0 Å². The molecule has 4 rings (SSSR count). The van der Waals surface area contributed by atoms with Crippen LogP contribution >= 0.6 is 23.1 Å². The SMILES string of the molecule is COC(=O)c1ccccc1NC(=O)C1=Cc2sc3c(c2CS1)CCCC3. The molecule has 0 saturated carbocycles. The molecule has 2 heterocycles. The average molecular weight is 386 g/mol. The molecule has 0 atom stereocenters. The number of anilines is 1. The van der Waals surface area contributed by atoms with E-state index in [1.54, 1.807) is 36.0 Å². The zero-order valence-corrected chi connectivity index (χ0v) is 16.1. The number of carbonyl (C=O) groups excluding carboxylic acids is 2. The van der Waals surface area contributed by atoms with Gasteiger partial charge in [-0.1, -0.05) is 12.1 Å². The number of amides is 1. The van der Waals surface area contributed by atoms with Crippen molar-refractivity contribution in [3.8, 4) is 0 Å². The lowest BCUT2D eigenvalue weighted by Crippen LogP contribution is -2.17. The molecular weight excluding hydrogens is 366 g/mol. The fourth-order valence-electron chi connectivity index (χ4n) is 3.43. The first kappa shape index (κ1) is 17.4. The van der Waals surface area contributed by atoms with Crippen LogP contribution in [0.5, 0.6) is 0 Å². The van der Waals surface area contributed by atoms with E-state index in [1.807, 2.05) is 17.4 Å². The molecule has 1 aliphatic heterocycles. The highest BCUT2D eigenvalue weighted by atomic mass is 32.2. The van der Waals surface area contributed by atoms with Crippen LogP contribution in [0, 0.1) is 0 Å². The first-order chi connectivity index (χ1) is 12.7. The second kappa shape index (κ2) is 7.29. The van der Waals surface area contributed by atoms with Gasteiger partial charge in [0.2, 0.25) is 0 Å². The van der Waals surface area contributed by atoms with Crippen LogP contribution in [-0.2, 0) is 28.1 Å². The van der Waals surface area contributed by atoms with Crippen molar-refractivity contribution in [3.63, 3.8) is 0 Å². The molecular formula is C20H19NO3S2. The van der Waals surface area contributed by atoms with Gasteiger partial charge in [-0.3, -0.25) is 4.79 Å². The highest BCUT2D eigenvalue weighted by Gasteiger charge is 2.25. The predicted molar refractivity (Wildman–Crippen MR) is 107 cm³/mol. The molecule has 0 saturated heterocycles. The molecule has 0 radical (unpaired) electrons. The third kappa shape index (κ3) is 3.19. The molecule has 4 nitrogen and oxygen atoms in total. The van der Waals surface area contributed by atoms with Crippen LogP contribution in [-0.4, -0.2) is 19.0 Å². The maximum Gasteiger partial charge on any atom is 0.339 e. The van der Waals surface area contributed by atoms with Crippen LogP contribution in [0.3, 0.4) is 0 Å². The zero-order valence-electron chi connectivity index (χ0n) is 14.5. The van der Waals surface area contributed by atoms with E-state index in [-0.39, 0.29) is 5.91 Å². The van der Waals surface area contributed by atoms with Crippen LogP contribution in [0.1, 0.15) is 44.1 Å². The maximum absolute atomic E-state index is 12.7. The number of rotatable bonds is 3. The van der Waals surface area contributed by atoms with Crippen molar-refractivity contribution in [2.75, 3.05) is 12.4 Å². The lowest BCUT2D eigenvalue weighted by Gasteiger charge is -2.16. The third-order valence-corrected chi connectivity index (χ3v) is 7.08. The van der Waals surface area contributed by atoms with Gasteiger partial charge in [0.1, 0.15) is 0 Å². The standard InChI is InChI=1S/C20H19NO3S2/c1-24-20(23)13-7-2-4-8-15(13)21-19(22)18-10-17-14(11-25-18)12-6-3-5-9-16(12)26-17/h2,4,7-8,10H,3,5-6,9,11H2,1H3,(H,21,22). The molecule has 1 N–H and O–H groups in total. The Bertz CT molecular complexity index is 914. The van der Waals surface area contributed by atoms with Crippen molar-refractivity contribution in [2.45, 2.75) is 31.4 Å². The highest BCUT2D eigenvalue weighted by molar-refractivity contribution is 8.03. The summed E-state index contributed by atoms with van der Waals surface area (Å²) in [5, 5.41) is 2.86. The fraction of sp³-hybridized carbons (Fsp3) is 0.300. The van der Waals surface area contributed by atoms with Crippen molar-refractivity contribution in [1.82, 2.24) is 0 Å². The van der Waals surface area contributed by atoms with Gasteiger partial charge in [0.05, 0.1) is 23.3 Å².